The Kier molecular flexibility index (Phi) is 6.41. The van der Waals surface area contributed by atoms with Crippen LogP contribution in [0.5, 0.6) is 5.75 Å². The lowest BCUT2D eigenvalue weighted by Gasteiger charge is -2.32. The molecule has 3 rings (SSSR count). The maximum absolute atomic E-state index is 12.5. The molecule has 1 aliphatic rings. The smallest absolute Gasteiger partial charge is 0.224 e. The molecule has 6 heteroatoms. The number of benzene rings is 1. The van der Waals surface area contributed by atoms with E-state index in [1.54, 1.807) is 24.4 Å². The number of methoxy groups -OCH3 is 1. The highest BCUT2D eigenvalue weighted by Gasteiger charge is 2.30. The molecule has 1 fully saturated rings. The van der Waals surface area contributed by atoms with E-state index in [0.29, 0.717) is 32.5 Å². The van der Waals surface area contributed by atoms with Crippen LogP contribution < -0.4 is 10.1 Å². The fraction of sp³-hybridized carbons (Fsp3) is 0.381. The fourth-order valence-corrected chi connectivity index (χ4v) is 3.34. The van der Waals surface area contributed by atoms with Crippen LogP contribution in [0.3, 0.4) is 0 Å². The van der Waals surface area contributed by atoms with Gasteiger partial charge >= 0.3 is 0 Å². The first-order valence-corrected chi connectivity index (χ1v) is 9.23. The lowest BCUT2D eigenvalue weighted by atomic mass is 9.96. The summed E-state index contributed by atoms with van der Waals surface area (Å²) in [5.74, 6) is 0.677. The minimum absolute atomic E-state index is 0.0106. The summed E-state index contributed by atoms with van der Waals surface area (Å²) in [6.07, 6.45) is 5.28. The highest BCUT2D eigenvalue weighted by Crippen LogP contribution is 2.24. The Morgan fingerprint density at radius 2 is 2.15 bits per heavy atom. The first-order chi connectivity index (χ1) is 13.2. The summed E-state index contributed by atoms with van der Waals surface area (Å²) in [5, 5.41) is 2.99. The van der Waals surface area contributed by atoms with E-state index in [1.165, 1.54) is 0 Å². The predicted molar refractivity (Wildman–Crippen MR) is 102 cm³/mol. The van der Waals surface area contributed by atoms with E-state index in [-0.39, 0.29) is 17.7 Å². The third-order valence-electron chi connectivity index (χ3n) is 4.86. The molecule has 1 N–H and O–H groups in total. The minimum atomic E-state index is -0.175. The van der Waals surface area contributed by atoms with Gasteiger partial charge in [-0.05, 0) is 30.5 Å². The van der Waals surface area contributed by atoms with Gasteiger partial charge in [0.2, 0.25) is 11.8 Å². The number of piperidine rings is 1. The van der Waals surface area contributed by atoms with Crippen LogP contribution in [0.2, 0.25) is 0 Å². The molecule has 1 aromatic carbocycles. The van der Waals surface area contributed by atoms with Gasteiger partial charge in [-0.3, -0.25) is 14.6 Å². The SMILES string of the molecule is COc1ccccc1CN1CC(C(=O)NCCc2cccnc2)CCC1=O. The van der Waals surface area contributed by atoms with Gasteiger partial charge in [0.25, 0.3) is 0 Å². The molecule has 1 aromatic heterocycles. The summed E-state index contributed by atoms with van der Waals surface area (Å²) < 4.78 is 5.37. The minimum Gasteiger partial charge on any atom is -0.496 e. The second kappa shape index (κ2) is 9.16. The van der Waals surface area contributed by atoms with E-state index in [4.69, 9.17) is 4.74 Å². The van der Waals surface area contributed by atoms with Crippen molar-refractivity contribution >= 4 is 11.8 Å². The van der Waals surface area contributed by atoms with Crippen molar-refractivity contribution in [3.8, 4) is 5.75 Å². The Hall–Kier alpha value is -2.89. The van der Waals surface area contributed by atoms with Crippen LogP contribution in [0.15, 0.2) is 48.8 Å². The zero-order valence-corrected chi connectivity index (χ0v) is 15.6. The first-order valence-electron chi connectivity index (χ1n) is 9.23. The summed E-state index contributed by atoms with van der Waals surface area (Å²) >= 11 is 0. The zero-order valence-electron chi connectivity index (χ0n) is 15.6. The number of pyridine rings is 1. The third-order valence-corrected chi connectivity index (χ3v) is 4.86. The molecular formula is C21H25N3O3. The summed E-state index contributed by atoms with van der Waals surface area (Å²) in [6, 6.07) is 11.5. The molecule has 1 aliphatic heterocycles. The molecule has 2 aromatic rings. The van der Waals surface area contributed by atoms with Crippen LogP contribution in [-0.2, 0) is 22.6 Å². The Labute approximate surface area is 159 Å². The number of hydrogen-bond acceptors (Lipinski definition) is 4. The van der Waals surface area contributed by atoms with Gasteiger partial charge in [0, 0.05) is 44.0 Å². The normalized spacial score (nSPS) is 16.9. The average molecular weight is 367 g/mol. The molecule has 0 bridgehead atoms. The van der Waals surface area contributed by atoms with Crippen LogP contribution >= 0.6 is 0 Å². The molecule has 0 aliphatic carbocycles. The summed E-state index contributed by atoms with van der Waals surface area (Å²) in [4.78, 5) is 30.7. The van der Waals surface area contributed by atoms with Crippen molar-refractivity contribution in [1.29, 1.82) is 0 Å². The van der Waals surface area contributed by atoms with Crippen LogP contribution in [0.25, 0.3) is 0 Å². The largest absolute Gasteiger partial charge is 0.496 e. The Bertz CT molecular complexity index is 779. The lowest BCUT2D eigenvalue weighted by molar-refractivity contribution is -0.138. The number of rotatable bonds is 7. The highest BCUT2D eigenvalue weighted by molar-refractivity contribution is 5.83. The van der Waals surface area contributed by atoms with Gasteiger partial charge in [0.15, 0.2) is 0 Å². The van der Waals surface area contributed by atoms with Crippen molar-refractivity contribution in [1.82, 2.24) is 15.2 Å². The van der Waals surface area contributed by atoms with Gasteiger partial charge in [0.05, 0.1) is 13.0 Å². The Morgan fingerprint density at radius 1 is 1.30 bits per heavy atom. The summed E-state index contributed by atoms with van der Waals surface area (Å²) in [7, 11) is 1.62. The van der Waals surface area contributed by atoms with Crippen LogP contribution in [0.1, 0.15) is 24.0 Å². The van der Waals surface area contributed by atoms with E-state index in [1.807, 2.05) is 36.4 Å². The molecule has 2 heterocycles. The van der Waals surface area contributed by atoms with Crippen molar-refractivity contribution in [3.05, 3.63) is 59.9 Å². The first kappa shape index (κ1) is 18.9. The van der Waals surface area contributed by atoms with Crippen molar-refractivity contribution in [2.24, 2.45) is 5.92 Å². The second-order valence-electron chi connectivity index (χ2n) is 6.72. The average Bonchev–Trinajstić information content (AvgIpc) is 2.70. The molecule has 1 atom stereocenters. The number of nitrogens with one attached hydrogen (secondary N) is 1. The predicted octanol–water partition coefficient (Wildman–Crippen LogP) is 2.19. The van der Waals surface area contributed by atoms with Gasteiger partial charge in [-0.25, -0.2) is 0 Å². The monoisotopic (exact) mass is 367 g/mol. The van der Waals surface area contributed by atoms with Crippen molar-refractivity contribution in [2.75, 3.05) is 20.2 Å². The zero-order chi connectivity index (χ0) is 19.1. The number of aromatic nitrogens is 1. The van der Waals surface area contributed by atoms with Crippen LogP contribution in [0.4, 0.5) is 0 Å². The van der Waals surface area contributed by atoms with Gasteiger partial charge < -0.3 is 15.0 Å². The second-order valence-corrected chi connectivity index (χ2v) is 6.72. The lowest BCUT2D eigenvalue weighted by Crippen LogP contribution is -2.45. The quantitative estimate of drug-likeness (QED) is 0.814. The molecule has 1 saturated heterocycles. The van der Waals surface area contributed by atoms with Crippen molar-refractivity contribution in [2.45, 2.75) is 25.8 Å². The standard InChI is InChI=1S/C21H25N3O3/c1-27-19-7-3-2-6-17(19)14-24-15-18(8-9-20(24)25)21(26)23-12-10-16-5-4-11-22-13-16/h2-7,11,13,18H,8-10,12,14-15H2,1H3,(H,23,26). The molecule has 0 radical (unpaired) electrons. The third kappa shape index (κ3) is 5.06. The highest BCUT2D eigenvalue weighted by atomic mass is 16.5. The van der Waals surface area contributed by atoms with E-state index in [0.717, 1.165) is 23.3 Å². The molecule has 6 nitrogen and oxygen atoms in total. The van der Waals surface area contributed by atoms with E-state index in [2.05, 4.69) is 10.3 Å². The van der Waals surface area contributed by atoms with E-state index >= 15 is 0 Å². The van der Waals surface area contributed by atoms with Gasteiger partial charge in [-0.2, -0.15) is 0 Å². The number of nitrogens with zero attached hydrogens (tertiary/aromatic N) is 2. The van der Waals surface area contributed by atoms with Crippen molar-refractivity contribution in [3.63, 3.8) is 0 Å². The molecule has 1 unspecified atom stereocenters. The van der Waals surface area contributed by atoms with Crippen LogP contribution in [0, 0.1) is 5.92 Å². The summed E-state index contributed by atoms with van der Waals surface area (Å²) in [6.45, 7) is 1.47. The van der Waals surface area contributed by atoms with Crippen molar-refractivity contribution < 1.29 is 14.3 Å². The molecule has 0 saturated carbocycles. The Balaban J connectivity index is 1.54. The number of para-hydroxylation sites is 1. The molecule has 2 amide bonds. The molecular weight excluding hydrogens is 342 g/mol. The van der Waals surface area contributed by atoms with Gasteiger partial charge in [0.1, 0.15) is 5.75 Å². The maximum Gasteiger partial charge on any atom is 0.224 e. The number of hydrogen-bond donors (Lipinski definition) is 1. The molecule has 27 heavy (non-hydrogen) atoms. The topological polar surface area (TPSA) is 71.5 Å². The number of carbonyl (C=O) groups is 2. The van der Waals surface area contributed by atoms with E-state index < -0.39 is 0 Å². The molecule has 0 spiro atoms. The number of ether oxygens (including phenoxy) is 1. The maximum atomic E-state index is 12.5. The number of amides is 2. The van der Waals surface area contributed by atoms with Crippen LogP contribution in [-0.4, -0.2) is 41.9 Å². The van der Waals surface area contributed by atoms with Gasteiger partial charge in [-0.15, -0.1) is 0 Å². The fourth-order valence-electron chi connectivity index (χ4n) is 3.34. The Morgan fingerprint density at radius 3 is 2.93 bits per heavy atom. The number of likely N-dealkylation sites (tertiary alicyclic amines) is 1. The van der Waals surface area contributed by atoms with E-state index in [9.17, 15) is 9.59 Å². The van der Waals surface area contributed by atoms with Gasteiger partial charge in [-0.1, -0.05) is 24.3 Å². The molecule has 142 valence electrons. The number of carbonyl (C=O) groups excluding carboxylic acids is 2. The summed E-state index contributed by atoms with van der Waals surface area (Å²) in [5.41, 5.74) is 2.04.